The van der Waals surface area contributed by atoms with Crippen LogP contribution in [0.2, 0.25) is 0 Å². The lowest BCUT2D eigenvalue weighted by Crippen LogP contribution is -2.44. The van der Waals surface area contributed by atoms with Crippen LogP contribution in [0.5, 0.6) is 5.75 Å². The molecule has 1 aromatic carbocycles. The van der Waals surface area contributed by atoms with Gasteiger partial charge >= 0.3 is 0 Å². The van der Waals surface area contributed by atoms with Crippen molar-refractivity contribution in [3.8, 4) is 5.75 Å². The largest absolute Gasteiger partial charge is 0.508 e. The van der Waals surface area contributed by atoms with E-state index in [9.17, 15) is 14.7 Å². The first-order chi connectivity index (χ1) is 9.75. The Morgan fingerprint density at radius 3 is 2.57 bits per heavy atom. The maximum atomic E-state index is 12.3. The topological polar surface area (TPSA) is 66.7 Å². The molecule has 0 radical (unpaired) electrons. The molecule has 108 valence electrons. The number of ketones is 2. The zero-order valence-electron chi connectivity index (χ0n) is 11.3. The summed E-state index contributed by atoms with van der Waals surface area (Å²) in [7, 11) is 0. The van der Waals surface area contributed by atoms with E-state index in [2.05, 4.69) is 4.99 Å². The highest BCUT2D eigenvalue weighted by Crippen LogP contribution is 2.47. The highest BCUT2D eigenvalue weighted by atomic mass is 35.5. The summed E-state index contributed by atoms with van der Waals surface area (Å²) in [6.07, 6.45) is 0. The van der Waals surface area contributed by atoms with Crippen molar-refractivity contribution in [1.29, 1.82) is 0 Å². The van der Waals surface area contributed by atoms with Crippen LogP contribution in [-0.2, 0) is 15.0 Å². The molecule has 0 spiro atoms. The molecule has 1 N–H and O–H groups in total. The zero-order valence-corrected chi connectivity index (χ0v) is 12.8. The summed E-state index contributed by atoms with van der Waals surface area (Å²) in [5, 5.41) is 8.29. The molecule has 1 atom stereocenters. The van der Waals surface area contributed by atoms with Gasteiger partial charge in [0.05, 0.1) is 10.7 Å². The van der Waals surface area contributed by atoms with Gasteiger partial charge in [-0.1, -0.05) is 25.4 Å². The predicted octanol–water partition coefficient (Wildman–Crippen LogP) is 3.01. The molecule has 21 heavy (non-hydrogen) atoms. The molecule has 3 rings (SSSR count). The molecular formula is C15H11Cl2NO3. The van der Waals surface area contributed by atoms with E-state index in [1.165, 1.54) is 6.07 Å². The first kappa shape index (κ1) is 14.3. The van der Waals surface area contributed by atoms with Crippen LogP contribution in [0.3, 0.4) is 0 Å². The minimum Gasteiger partial charge on any atom is -0.508 e. The van der Waals surface area contributed by atoms with Crippen LogP contribution < -0.4 is 0 Å². The minimum absolute atomic E-state index is 0.0626. The number of alkyl halides is 1. The molecule has 0 aromatic heterocycles. The SMILES string of the molecule is CC1(C)C2=C(Cl)C(=O)C(Cl)C(=O)C2=Nc2ccc(O)cc21. The third-order valence-corrected chi connectivity index (χ3v) is 4.65. The summed E-state index contributed by atoms with van der Waals surface area (Å²) in [5.41, 5.74) is 1.03. The first-order valence-corrected chi connectivity index (χ1v) is 7.12. The number of aromatic hydroxyl groups is 1. The number of carbonyl (C=O) groups is 2. The van der Waals surface area contributed by atoms with Gasteiger partial charge in [0.25, 0.3) is 0 Å². The van der Waals surface area contributed by atoms with E-state index >= 15 is 0 Å². The average molecular weight is 324 g/mol. The number of nitrogens with zero attached hydrogens (tertiary/aromatic N) is 1. The number of halogens is 2. The Kier molecular flexibility index (Phi) is 3.01. The van der Waals surface area contributed by atoms with Crippen molar-refractivity contribution in [1.82, 2.24) is 0 Å². The van der Waals surface area contributed by atoms with Crippen LogP contribution in [0.4, 0.5) is 5.69 Å². The predicted molar refractivity (Wildman–Crippen MR) is 80.8 cm³/mol. The number of hydrogen-bond donors (Lipinski definition) is 1. The van der Waals surface area contributed by atoms with E-state index < -0.39 is 22.4 Å². The van der Waals surface area contributed by atoms with Gasteiger partial charge in [0.15, 0.2) is 11.2 Å². The van der Waals surface area contributed by atoms with Gasteiger partial charge in [-0.25, -0.2) is 4.99 Å². The monoisotopic (exact) mass is 323 g/mol. The Labute approximate surface area is 131 Å². The Morgan fingerprint density at radius 1 is 1.24 bits per heavy atom. The third-order valence-electron chi connectivity index (χ3n) is 3.88. The summed E-state index contributed by atoms with van der Waals surface area (Å²) < 4.78 is 0. The van der Waals surface area contributed by atoms with Gasteiger partial charge in [0.2, 0.25) is 5.78 Å². The molecule has 0 fully saturated rings. The standard InChI is InChI=1S/C15H11Cl2NO3/c1-15(2)7-5-6(19)3-4-8(7)18-12-9(15)10(16)13(20)11(17)14(12)21/h3-5,11,19H,1-2H3. The van der Waals surface area contributed by atoms with Crippen molar-refractivity contribution in [3.63, 3.8) is 0 Å². The second-order valence-electron chi connectivity index (χ2n) is 5.57. The number of phenols is 1. The highest BCUT2D eigenvalue weighted by molar-refractivity contribution is 6.69. The molecule has 1 heterocycles. The summed E-state index contributed by atoms with van der Waals surface area (Å²) in [6.45, 7) is 3.65. The van der Waals surface area contributed by atoms with Crippen LogP contribution in [0, 0.1) is 0 Å². The number of hydrogen-bond acceptors (Lipinski definition) is 4. The second kappa shape index (κ2) is 4.42. The number of rotatable bonds is 0. The highest BCUT2D eigenvalue weighted by Gasteiger charge is 2.47. The molecular weight excluding hydrogens is 313 g/mol. The Hall–Kier alpha value is -1.65. The van der Waals surface area contributed by atoms with E-state index in [-0.39, 0.29) is 16.5 Å². The minimum atomic E-state index is -1.32. The van der Waals surface area contributed by atoms with Gasteiger partial charge in [-0.05, 0) is 23.8 Å². The third kappa shape index (κ3) is 1.86. The van der Waals surface area contributed by atoms with Crippen molar-refractivity contribution < 1.29 is 14.7 Å². The van der Waals surface area contributed by atoms with Gasteiger partial charge in [-0.3, -0.25) is 9.59 Å². The summed E-state index contributed by atoms with van der Waals surface area (Å²) in [6, 6.07) is 4.68. The number of Topliss-reactive ketones (excluding diaryl/α,β-unsaturated/α-hetero) is 2. The van der Waals surface area contributed by atoms with Crippen LogP contribution in [-0.4, -0.2) is 27.8 Å². The molecule has 1 aliphatic heterocycles. The normalized spacial score (nSPS) is 23.6. The van der Waals surface area contributed by atoms with E-state index in [0.29, 0.717) is 16.8 Å². The average Bonchev–Trinajstić information content (AvgIpc) is 2.43. The van der Waals surface area contributed by atoms with Gasteiger partial charge in [-0.2, -0.15) is 0 Å². The maximum absolute atomic E-state index is 12.3. The number of aliphatic imine (C=N–C) groups is 1. The van der Waals surface area contributed by atoms with Crippen LogP contribution in [0.1, 0.15) is 19.4 Å². The van der Waals surface area contributed by atoms with Crippen LogP contribution >= 0.6 is 23.2 Å². The van der Waals surface area contributed by atoms with E-state index in [1.54, 1.807) is 12.1 Å². The molecule has 0 bridgehead atoms. The summed E-state index contributed by atoms with van der Waals surface area (Å²) >= 11 is 12.0. The summed E-state index contributed by atoms with van der Waals surface area (Å²) in [5.74, 6) is -1.05. The van der Waals surface area contributed by atoms with Crippen molar-refractivity contribution in [2.24, 2.45) is 4.99 Å². The number of phenolic OH excluding ortho intramolecular Hbond substituents is 1. The van der Waals surface area contributed by atoms with Gasteiger partial charge in [-0.15, -0.1) is 11.6 Å². The van der Waals surface area contributed by atoms with Gasteiger partial charge < -0.3 is 5.11 Å². The van der Waals surface area contributed by atoms with Crippen molar-refractivity contribution in [2.75, 3.05) is 0 Å². The molecule has 2 aliphatic rings. The van der Waals surface area contributed by atoms with E-state index in [4.69, 9.17) is 23.2 Å². The smallest absolute Gasteiger partial charge is 0.207 e. The molecule has 0 saturated carbocycles. The quantitative estimate of drug-likeness (QED) is 0.589. The zero-order chi connectivity index (χ0) is 15.5. The fourth-order valence-corrected chi connectivity index (χ4v) is 3.46. The van der Waals surface area contributed by atoms with Gasteiger partial charge in [0, 0.05) is 11.0 Å². The Bertz CT molecular complexity index is 762. The first-order valence-electron chi connectivity index (χ1n) is 6.30. The lowest BCUT2D eigenvalue weighted by Gasteiger charge is -2.37. The lowest BCUT2D eigenvalue weighted by atomic mass is 9.70. The van der Waals surface area contributed by atoms with Crippen molar-refractivity contribution >= 4 is 46.2 Å². The second-order valence-corrected chi connectivity index (χ2v) is 6.38. The Balaban J connectivity index is 2.38. The molecule has 1 aromatic rings. The number of allylic oxidation sites excluding steroid dienone is 2. The summed E-state index contributed by atoms with van der Waals surface area (Å²) in [4.78, 5) is 28.6. The van der Waals surface area contributed by atoms with Gasteiger partial charge in [0.1, 0.15) is 11.5 Å². The molecule has 0 amide bonds. The molecule has 4 nitrogen and oxygen atoms in total. The fourth-order valence-electron chi connectivity index (χ4n) is 2.76. The van der Waals surface area contributed by atoms with Crippen molar-refractivity contribution in [3.05, 3.63) is 34.4 Å². The molecule has 6 heteroatoms. The van der Waals surface area contributed by atoms with Crippen molar-refractivity contribution in [2.45, 2.75) is 24.6 Å². The molecule has 0 saturated heterocycles. The van der Waals surface area contributed by atoms with E-state index in [0.717, 1.165) is 0 Å². The lowest BCUT2D eigenvalue weighted by molar-refractivity contribution is -0.121. The van der Waals surface area contributed by atoms with Crippen LogP contribution in [0.25, 0.3) is 0 Å². The molecule has 1 unspecified atom stereocenters. The number of benzene rings is 1. The molecule has 1 aliphatic carbocycles. The van der Waals surface area contributed by atoms with E-state index in [1.807, 2.05) is 13.8 Å². The number of carbonyl (C=O) groups excluding carboxylic acids is 2. The fraction of sp³-hybridized carbons (Fsp3) is 0.267. The maximum Gasteiger partial charge on any atom is 0.207 e. The number of fused-ring (bicyclic) bond motifs is 2. The van der Waals surface area contributed by atoms with Crippen LogP contribution in [0.15, 0.2) is 33.8 Å². The Morgan fingerprint density at radius 2 is 1.90 bits per heavy atom.